The standard InChI is InChI=1S/C22H24N2O5S3/c1-3-29-21-9-8-20(13-16(21)2)31(25,26)23-19-7-6-17-10-11-24(15-18(17)14-19)32(27,28)22-5-4-12-30-22/h4-9,12-14,23H,3,10-11,15H2,1-2H3. The maximum atomic E-state index is 12.9. The van der Waals surface area contributed by atoms with Gasteiger partial charge in [-0.15, -0.1) is 11.3 Å². The van der Waals surface area contributed by atoms with Crippen LogP contribution in [0.3, 0.4) is 0 Å². The van der Waals surface area contributed by atoms with Gasteiger partial charge in [-0.2, -0.15) is 4.31 Å². The lowest BCUT2D eigenvalue weighted by Gasteiger charge is -2.28. The minimum absolute atomic E-state index is 0.137. The zero-order valence-corrected chi connectivity index (χ0v) is 20.2. The molecule has 170 valence electrons. The van der Waals surface area contributed by atoms with E-state index in [9.17, 15) is 16.8 Å². The first-order valence-corrected chi connectivity index (χ1v) is 13.9. The summed E-state index contributed by atoms with van der Waals surface area (Å²) < 4.78 is 61.4. The van der Waals surface area contributed by atoms with Crippen LogP contribution >= 0.6 is 11.3 Å². The second-order valence-electron chi connectivity index (χ2n) is 7.47. The van der Waals surface area contributed by atoms with E-state index in [-0.39, 0.29) is 11.4 Å². The number of fused-ring (bicyclic) bond motifs is 1. The molecule has 1 aliphatic rings. The number of nitrogens with one attached hydrogen (secondary N) is 1. The molecule has 1 aliphatic heterocycles. The van der Waals surface area contributed by atoms with Gasteiger partial charge < -0.3 is 4.74 Å². The van der Waals surface area contributed by atoms with E-state index >= 15 is 0 Å². The van der Waals surface area contributed by atoms with E-state index in [0.29, 0.717) is 35.2 Å². The predicted molar refractivity (Wildman–Crippen MR) is 125 cm³/mol. The first-order chi connectivity index (χ1) is 15.2. The van der Waals surface area contributed by atoms with Gasteiger partial charge in [0.05, 0.1) is 11.5 Å². The van der Waals surface area contributed by atoms with E-state index in [0.717, 1.165) is 16.7 Å². The highest BCUT2D eigenvalue weighted by Gasteiger charge is 2.29. The summed E-state index contributed by atoms with van der Waals surface area (Å²) in [6.07, 6.45) is 0.574. The third-order valence-electron chi connectivity index (χ3n) is 5.28. The third kappa shape index (κ3) is 4.54. The van der Waals surface area contributed by atoms with Crippen LogP contribution in [0.5, 0.6) is 5.75 Å². The topological polar surface area (TPSA) is 92.8 Å². The Hall–Kier alpha value is -2.40. The molecule has 0 unspecified atom stereocenters. The molecule has 4 rings (SSSR count). The molecule has 1 aromatic heterocycles. The lowest BCUT2D eigenvalue weighted by atomic mass is 10.0. The molecule has 3 aromatic rings. The SMILES string of the molecule is CCOc1ccc(S(=O)(=O)Nc2ccc3c(c2)CN(S(=O)(=O)c2cccs2)CC3)cc1C. The van der Waals surface area contributed by atoms with Gasteiger partial charge in [-0.25, -0.2) is 16.8 Å². The lowest BCUT2D eigenvalue weighted by molar-refractivity contribution is 0.337. The van der Waals surface area contributed by atoms with Gasteiger partial charge in [-0.1, -0.05) is 12.1 Å². The van der Waals surface area contributed by atoms with Crippen LogP contribution in [-0.4, -0.2) is 34.3 Å². The van der Waals surface area contributed by atoms with Crippen molar-refractivity contribution >= 4 is 37.1 Å². The Labute approximate surface area is 192 Å². The van der Waals surface area contributed by atoms with Crippen LogP contribution in [0, 0.1) is 6.92 Å². The fraction of sp³-hybridized carbons (Fsp3) is 0.273. The van der Waals surface area contributed by atoms with Crippen molar-refractivity contribution in [3.05, 3.63) is 70.6 Å². The van der Waals surface area contributed by atoms with Gasteiger partial charge in [0.25, 0.3) is 20.0 Å². The summed E-state index contributed by atoms with van der Waals surface area (Å²) in [4.78, 5) is 0.137. The molecule has 2 heterocycles. The molecular weight excluding hydrogens is 468 g/mol. The molecule has 2 aromatic carbocycles. The molecule has 0 bridgehead atoms. The van der Waals surface area contributed by atoms with Gasteiger partial charge in [0.2, 0.25) is 0 Å². The van der Waals surface area contributed by atoms with Crippen molar-refractivity contribution in [3.63, 3.8) is 0 Å². The van der Waals surface area contributed by atoms with Crippen LogP contribution < -0.4 is 9.46 Å². The van der Waals surface area contributed by atoms with Gasteiger partial charge in [0.1, 0.15) is 9.96 Å². The number of nitrogens with zero attached hydrogens (tertiary/aromatic N) is 1. The minimum atomic E-state index is -3.81. The number of aryl methyl sites for hydroxylation is 1. The van der Waals surface area contributed by atoms with Crippen LogP contribution in [-0.2, 0) is 33.0 Å². The highest BCUT2D eigenvalue weighted by atomic mass is 32.2. The van der Waals surface area contributed by atoms with Gasteiger partial charge in [-0.3, -0.25) is 4.72 Å². The highest BCUT2D eigenvalue weighted by molar-refractivity contribution is 7.92. The second-order valence-corrected chi connectivity index (χ2v) is 12.3. The Balaban J connectivity index is 1.56. The number of thiophene rings is 1. The smallest absolute Gasteiger partial charge is 0.261 e. The molecule has 0 spiro atoms. The Kier molecular flexibility index (Phi) is 6.30. The summed E-state index contributed by atoms with van der Waals surface area (Å²) in [5.74, 6) is 0.646. The van der Waals surface area contributed by atoms with E-state index in [2.05, 4.69) is 4.72 Å². The van der Waals surface area contributed by atoms with Crippen LogP contribution in [0.25, 0.3) is 0 Å². The van der Waals surface area contributed by atoms with Gasteiger partial charge in [0.15, 0.2) is 0 Å². The number of sulfonamides is 2. The molecule has 0 fully saturated rings. The maximum absolute atomic E-state index is 12.9. The number of hydrogen-bond donors (Lipinski definition) is 1. The van der Waals surface area contributed by atoms with Crippen molar-refractivity contribution in [2.75, 3.05) is 17.9 Å². The number of rotatable bonds is 7. The quantitative estimate of drug-likeness (QED) is 0.538. The van der Waals surface area contributed by atoms with Crippen LogP contribution in [0.1, 0.15) is 23.6 Å². The van der Waals surface area contributed by atoms with Gasteiger partial charge in [0, 0.05) is 18.8 Å². The first kappa shape index (κ1) is 22.8. The van der Waals surface area contributed by atoms with Crippen molar-refractivity contribution in [1.29, 1.82) is 0 Å². The average Bonchev–Trinajstić information content (AvgIpc) is 3.30. The van der Waals surface area contributed by atoms with Crippen molar-refractivity contribution in [3.8, 4) is 5.75 Å². The van der Waals surface area contributed by atoms with E-state index in [1.165, 1.54) is 21.7 Å². The number of ether oxygens (including phenoxy) is 1. The van der Waals surface area contributed by atoms with E-state index in [1.807, 2.05) is 13.0 Å². The molecule has 10 heteroatoms. The Bertz CT molecular complexity index is 1330. The summed E-state index contributed by atoms with van der Waals surface area (Å²) >= 11 is 1.19. The Morgan fingerprint density at radius 1 is 1.06 bits per heavy atom. The van der Waals surface area contributed by atoms with Crippen molar-refractivity contribution in [2.45, 2.75) is 35.9 Å². The zero-order valence-electron chi connectivity index (χ0n) is 17.7. The monoisotopic (exact) mass is 492 g/mol. The zero-order chi connectivity index (χ0) is 22.9. The lowest BCUT2D eigenvalue weighted by Crippen LogP contribution is -2.35. The molecule has 0 saturated heterocycles. The molecule has 1 N–H and O–H groups in total. The molecule has 0 radical (unpaired) electrons. The first-order valence-electron chi connectivity index (χ1n) is 10.1. The van der Waals surface area contributed by atoms with Gasteiger partial charge >= 0.3 is 0 Å². The molecule has 7 nitrogen and oxygen atoms in total. The minimum Gasteiger partial charge on any atom is -0.494 e. The molecule has 32 heavy (non-hydrogen) atoms. The second kappa shape index (κ2) is 8.86. The normalized spacial score (nSPS) is 14.7. The number of anilines is 1. The highest BCUT2D eigenvalue weighted by Crippen LogP contribution is 2.30. The molecule has 0 amide bonds. The van der Waals surface area contributed by atoms with Crippen molar-refractivity contribution < 1.29 is 21.6 Å². The molecule has 0 saturated carbocycles. The van der Waals surface area contributed by atoms with Crippen molar-refractivity contribution in [1.82, 2.24) is 4.31 Å². The fourth-order valence-corrected chi connectivity index (χ4v) is 7.36. The summed E-state index contributed by atoms with van der Waals surface area (Å²) in [6, 6.07) is 13.3. The molecule has 0 atom stereocenters. The maximum Gasteiger partial charge on any atom is 0.261 e. The third-order valence-corrected chi connectivity index (χ3v) is 9.88. The predicted octanol–water partition coefficient (Wildman–Crippen LogP) is 4.00. The summed E-state index contributed by atoms with van der Waals surface area (Å²) in [6.45, 7) is 4.76. The Morgan fingerprint density at radius 2 is 1.88 bits per heavy atom. The molecular formula is C22H24N2O5S3. The van der Waals surface area contributed by atoms with E-state index in [1.54, 1.807) is 48.7 Å². The number of hydrogen-bond acceptors (Lipinski definition) is 6. The summed E-state index contributed by atoms with van der Waals surface area (Å²) in [7, 11) is -7.37. The molecule has 0 aliphatic carbocycles. The summed E-state index contributed by atoms with van der Waals surface area (Å²) in [5.41, 5.74) is 2.93. The van der Waals surface area contributed by atoms with E-state index in [4.69, 9.17) is 4.74 Å². The van der Waals surface area contributed by atoms with Crippen LogP contribution in [0.2, 0.25) is 0 Å². The Morgan fingerprint density at radius 3 is 2.56 bits per heavy atom. The number of benzene rings is 2. The van der Waals surface area contributed by atoms with Gasteiger partial charge in [-0.05, 0) is 78.7 Å². The van der Waals surface area contributed by atoms with Crippen LogP contribution in [0.4, 0.5) is 5.69 Å². The van der Waals surface area contributed by atoms with Crippen molar-refractivity contribution in [2.24, 2.45) is 0 Å². The summed E-state index contributed by atoms with van der Waals surface area (Å²) in [5, 5.41) is 1.74. The average molecular weight is 493 g/mol. The van der Waals surface area contributed by atoms with Crippen LogP contribution in [0.15, 0.2) is 63.0 Å². The van der Waals surface area contributed by atoms with E-state index < -0.39 is 20.0 Å². The fourth-order valence-electron chi connectivity index (χ4n) is 3.66. The largest absolute Gasteiger partial charge is 0.494 e.